The fraction of sp³-hybridized carbons (Fsp3) is 0.385. The summed E-state index contributed by atoms with van der Waals surface area (Å²) in [5.41, 5.74) is -0.0952. The van der Waals surface area contributed by atoms with Gasteiger partial charge in [0, 0.05) is 11.6 Å². The molecule has 0 unspecified atom stereocenters. The predicted molar refractivity (Wildman–Crippen MR) is 72.9 cm³/mol. The fourth-order valence-corrected chi connectivity index (χ4v) is 1.96. The highest BCUT2D eigenvalue weighted by molar-refractivity contribution is 6.34. The summed E-state index contributed by atoms with van der Waals surface area (Å²) in [5, 5.41) is 0.944. The molecule has 0 N–H and O–H groups in total. The van der Waals surface area contributed by atoms with Gasteiger partial charge in [-0.2, -0.15) is 0 Å². The molecule has 2 aromatic heterocycles. The normalized spacial score (nSPS) is 11.6. The first-order chi connectivity index (χ1) is 8.83. The fourth-order valence-electron chi connectivity index (χ4n) is 1.71. The smallest absolute Gasteiger partial charge is 0.419 e. The second kappa shape index (κ2) is 4.74. The summed E-state index contributed by atoms with van der Waals surface area (Å²) in [5.74, 6) is 0.557. The van der Waals surface area contributed by atoms with Gasteiger partial charge in [0.05, 0.1) is 13.3 Å². The number of carbonyl (C=O) groups excluding carboxylic acids is 1. The topological polar surface area (TPSA) is 53.4 Å². The molecule has 5 nitrogen and oxygen atoms in total. The lowest BCUT2D eigenvalue weighted by Crippen LogP contribution is -2.26. The van der Waals surface area contributed by atoms with Gasteiger partial charge < -0.3 is 9.47 Å². The lowest BCUT2D eigenvalue weighted by atomic mass is 10.2. The van der Waals surface area contributed by atoms with Crippen molar-refractivity contribution in [1.82, 2.24) is 9.55 Å². The monoisotopic (exact) mass is 282 g/mol. The highest BCUT2D eigenvalue weighted by atomic mass is 35.5. The van der Waals surface area contributed by atoms with Crippen LogP contribution in [0, 0.1) is 0 Å². The number of hydrogen-bond donors (Lipinski definition) is 0. The van der Waals surface area contributed by atoms with Crippen molar-refractivity contribution in [3.8, 4) is 5.75 Å². The molecule has 0 spiro atoms. The van der Waals surface area contributed by atoms with E-state index in [0.29, 0.717) is 16.7 Å². The molecule has 2 aromatic rings. The molecule has 2 rings (SSSR count). The second-order valence-corrected chi connectivity index (χ2v) is 5.40. The first-order valence-corrected chi connectivity index (χ1v) is 6.14. The van der Waals surface area contributed by atoms with Gasteiger partial charge in [0.1, 0.15) is 16.9 Å². The van der Waals surface area contributed by atoms with E-state index in [0.717, 1.165) is 0 Å². The Bertz CT molecular complexity index is 629. The summed E-state index contributed by atoms with van der Waals surface area (Å²) in [4.78, 5) is 16.1. The number of ether oxygens (including phenoxy) is 2. The van der Waals surface area contributed by atoms with E-state index >= 15 is 0 Å². The zero-order valence-corrected chi connectivity index (χ0v) is 12.0. The van der Waals surface area contributed by atoms with Crippen molar-refractivity contribution in [1.29, 1.82) is 0 Å². The first kappa shape index (κ1) is 13.7. The van der Waals surface area contributed by atoms with Crippen LogP contribution < -0.4 is 4.74 Å². The van der Waals surface area contributed by atoms with Crippen molar-refractivity contribution in [3.63, 3.8) is 0 Å². The summed E-state index contributed by atoms with van der Waals surface area (Å²) in [6, 6.07) is 1.74. The molecule has 6 heteroatoms. The van der Waals surface area contributed by atoms with E-state index < -0.39 is 11.7 Å². The molecule has 0 bridgehead atoms. The highest BCUT2D eigenvalue weighted by Crippen LogP contribution is 2.30. The van der Waals surface area contributed by atoms with Gasteiger partial charge in [0.2, 0.25) is 0 Å². The molecule has 0 amide bonds. The minimum atomic E-state index is -0.577. The average molecular weight is 283 g/mol. The van der Waals surface area contributed by atoms with Gasteiger partial charge in [-0.15, -0.1) is 0 Å². The Hall–Kier alpha value is -1.75. The Morgan fingerprint density at radius 1 is 1.42 bits per heavy atom. The van der Waals surface area contributed by atoms with Crippen LogP contribution in [-0.2, 0) is 4.74 Å². The van der Waals surface area contributed by atoms with Gasteiger partial charge in [0.25, 0.3) is 0 Å². The lowest BCUT2D eigenvalue weighted by Gasteiger charge is -2.19. The van der Waals surface area contributed by atoms with E-state index in [4.69, 9.17) is 21.1 Å². The van der Waals surface area contributed by atoms with Crippen LogP contribution in [0.1, 0.15) is 20.8 Å². The summed E-state index contributed by atoms with van der Waals surface area (Å²) in [6.45, 7) is 5.41. The number of hydrogen-bond acceptors (Lipinski definition) is 4. The van der Waals surface area contributed by atoms with Gasteiger partial charge in [-0.1, -0.05) is 11.6 Å². The molecular weight excluding hydrogens is 268 g/mol. The first-order valence-electron chi connectivity index (χ1n) is 5.76. The number of aromatic nitrogens is 2. The summed E-state index contributed by atoms with van der Waals surface area (Å²) < 4.78 is 11.8. The summed E-state index contributed by atoms with van der Waals surface area (Å²) in [7, 11) is 1.54. The number of halogens is 1. The van der Waals surface area contributed by atoms with Crippen LogP contribution in [0.2, 0.25) is 5.15 Å². The number of methoxy groups -OCH3 is 1. The Kier molecular flexibility index (Phi) is 3.41. The maximum Gasteiger partial charge on any atom is 0.419 e. The zero-order chi connectivity index (χ0) is 14.2. The molecule has 0 atom stereocenters. The van der Waals surface area contributed by atoms with Crippen molar-refractivity contribution >= 4 is 28.6 Å². The van der Waals surface area contributed by atoms with Crippen LogP contribution in [0.25, 0.3) is 10.9 Å². The maximum absolute atomic E-state index is 12.1. The Labute approximate surface area is 116 Å². The molecule has 0 saturated heterocycles. The van der Waals surface area contributed by atoms with Crippen molar-refractivity contribution in [2.75, 3.05) is 7.11 Å². The molecular formula is C13H15ClN2O3. The number of pyridine rings is 1. The van der Waals surface area contributed by atoms with Gasteiger partial charge >= 0.3 is 6.09 Å². The number of rotatable bonds is 1. The molecule has 2 heterocycles. The molecule has 0 fully saturated rings. The van der Waals surface area contributed by atoms with Crippen LogP contribution >= 0.6 is 11.6 Å². The van der Waals surface area contributed by atoms with E-state index in [2.05, 4.69) is 4.98 Å². The second-order valence-electron chi connectivity index (χ2n) is 5.05. The largest absolute Gasteiger partial charge is 0.494 e. The lowest BCUT2D eigenvalue weighted by molar-refractivity contribution is 0.0544. The van der Waals surface area contributed by atoms with E-state index in [1.807, 2.05) is 0 Å². The number of fused-ring (bicyclic) bond motifs is 1. The molecule has 0 aliphatic carbocycles. The van der Waals surface area contributed by atoms with E-state index in [1.54, 1.807) is 33.0 Å². The van der Waals surface area contributed by atoms with Crippen molar-refractivity contribution < 1.29 is 14.3 Å². The SMILES string of the molecule is COc1cnc(Cl)c2c1ccn2C(=O)OC(C)(C)C. The molecule has 0 aromatic carbocycles. The average Bonchev–Trinajstić information content (AvgIpc) is 2.73. The quantitative estimate of drug-likeness (QED) is 0.752. The van der Waals surface area contributed by atoms with Crippen LogP contribution in [0.15, 0.2) is 18.5 Å². The van der Waals surface area contributed by atoms with Crippen LogP contribution in [0.3, 0.4) is 0 Å². The minimum absolute atomic E-state index is 0.228. The Morgan fingerprint density at radius 2 is 2.11 bits per heavy atom. The van der Waals surface area contributed by atoms with Gasteiger partial charge in [0.15, 0.2) is 5.15 Å². The minimum Gasteiger partial charge on any atom is -0.494 e. The molecule has 0 aliphatic heterocycles. The summed E-state index contributed by atoms with van der Waals surface area (Å²) in [6.07, 6.45) is 2.61. The van der Waals surface area contributed by atoms with Gasteiger partial charge in [-0.05, 0) is 26.8 Å². The Balaban J connectivity index is 2.54. The van der Waals surface area contributed by atoms with E-state index in [1.165, 1.54) is 17.9 Å². The predicted octanol–water partition coefficient (Wildman–Crippen LogP) is 3.48. The summed E-state index contributed by atoms with van der Waals surface area (Å²) >= 11 is 6.05. The number of nitrogens with zero attached hydrogens (tertiary/aromatic N) is 2. The maximum atomic E-state index is 12.1. The molecule has 102 valence electrons. The zero-order valence-electron chi connectivity index (χ0n) is 11.2. The third-order valence-corrected chi connectivity index (χ3v) is 2.73. The van der Waals surface area contributed by atoms with Crippen molar-refractivity contribution in [2.45, 2.75) is 26.4 Å². The third kappa shape index (κ3) is 2.66. The van der Waals surface area contributed by atoms with E-state index in [-0.39, 0.29) is 5.15 Å². The van der Waals surface area contributed by atoms with Crippen molar-refractivity contribution in [2.24, 2.45) is 0 Å². The highest BCUT2D eigenvalue weighted by Gasteiger charge is 2.21. The standard InChI is InChI=1S/C13H15ClN2O3/c1-13(2,3)19-12(17)16-6-5-8-9(18-4)7-15-11(14)10(8)16/h5-7H,1-4H3. The van der Waals surface area contributed by atoms with Crippen LogP contribution in [0.5, 0.6) is 5.75 Å². The van der Waals surface area contributed by atoms with Crippen LogP contribution in [-0.4, -0.2) is 28.4 Å². The van der Waals surface area contributed by atoms with E-state index in [9.17, 15) is 4.79 Å². The molecule has 0 aliphatic rings. The number of carbonyl (C=O) groups is 1. The van der Waals surface area contributed by atoms with Crippen molar-refractivity contribution in [3.05, 3.63) is 23.6 Å². The van der Waals surface area contributed by atoms with Gasteiger partial charge in [-0.25, -0.2) is 14.3 Å². The molecule has 0 saturated carbocycles. The third-order valence-electron chi connectivity index (χ3n) is 2.45. The Morgan fingerprint density at radius 3 is 2.68 bits per heavy atom. The molecule has 19 heavy (non-hydrogen) atoms. The molecule has 0 radical (unpaired) electrons. The van der Waals surface area contributed by atoms with Gasteiger partial charge in [-0.3, -0.25) is 0 Å². The van der Waals surface area contributed by atoms with Crippen LogP contribution in [0.4, 0.5) is 4.79 Å².